The van der Waals surface area contributed by atoms with Crippen molar-refractivity contribution < 1.29 is 4.74 Å². The van der Waals surface area contributed by atoms with E-state index in [0.717, 1.165) is 30.3 Å². The second-order valence-electron chi connectivity index (χ2n) is 4.17. The highest BCUT2D eigenvalue weighted by Crippen LogP contribution is 2.16. The number of ether oxygens (including phenoxy) is 1. The molecular weight excluding hydrogens is 222 g/mol. The lowest BCUT2D eigenvalue weighted by atomic mass is 10.1. The average molecular weight is 241 g/mol. The standard InChI is InChI=1S/C11H19N3OS/c1-15-10-3-2-4-14(7-10)6-9-8-16-11(5-12)13-9/h8,10H,2-7,12H2,1H3. The molecule has 1 aromatic heterocycles. The van der Waals surface area contributed by atoms with E-state index < -0.39 is 0 Å². The van der Waals surface area contributed by atoms with Crippen LogP contribution in [0.2, 0.25) is 0 Å². The topological polar surface area (TPSA) is 51.4 Å². The largest absolute Gasteiger partial charge is 0.380 e. The maximum Gasteiger partial charge on any atom is 0.106 e. The van der Waals surface area contributed by atoms with Crippen molar-refractivity contribution in [3.63, 3.8) is 0 Å². The van der Waals surface area contributed by atoms with E-state index in [1.807, 2.05) is 0 Å². The molecule has 0 radical (unpaired) electrons. The van der Waals surface area contributed by atoms with Crippen LogP contribution in [0.5, 0.6) is 0 Å². The quantitative estimate of drug-likeness (QED) is 0.861. The van der Waals surface area contributed by atoms with Crippen molar-refractivity contribution >= 4 is 11.3 Å². The lowest BCUT2D eigenvalue weighted by Gasteiger charge is -2.31. The van der Waals surface area contributed by atoms with Crippen molar-refractivity contribution in [1.29, 1.82) is 0 Å². The number of likely N-dealkylation sites (tertiary alicyclic amines) is 1. The molecule has 0 bridgehead atoms. The highest BCUT2D eigenvalue weighted by Gasteiger charge is 2.19. The molecule has 1 aliphatic heterocycles. The van der Waals surface area contributed by atoms with Gasteiger partial charge in [-0.25, -0.2) is 4.98 Å². The van der Waals surface area contributed by atoms with Crippen LogP contribution in [0.1, 0.15) is 23.5 Å². The molecule has 2 rings (SSSR count). The molecule has 1 saturated heterocycles. The van der Waals surface area contributed by atoms with Gasteiger partial charge in [0.05, 0.1) is 11.8 Å². The molecule has 1 atom stereocenters. The Morgan fingerprint density at radius 3 is 3.25 bits per heavy atom. The van der Waals surface area contributed by atoms with E-state index in [2.05, 4.69) is 15.3 Å². The van der Waals surface area contributed by atoms with Crippen LogP contribution in [0.25, 0.3) is 0 Å². The summed E-state index contributed by atoms with van der Waals surface area (Å²) in [5, 5.41) is 3.13. The maximum atomic E-state index is 5.55. The minimum absolute atomic E-state index is 0.390. The Morgan fingerprint density at radius 2 is 2.56 bits per heavy atom. The predicted molar refractivity (Wildman–Crippen MR) is 65.3 cm³/mol. The Bertz CT molecular complexity index is 329. The van der Waals surface area contributed by atoms with Crippen LogP contribution in [-0.4, -0.2) is 36.2 Å². The molecule has 0 spiro atoms. The minimum atomic E-state index is 0.390. The van der Waals surface area contributed by atoms with Gasteiger partial charge in [0.25, 0.3) is 0 Å². The first-order chi connectivity index (χ1) is 7.81. The summed E-state index contributed by atoms with van der Waals surface area (Å²) in [6.07, 6.45) is 2.78. The van der Waals surface area contributed by atoms with Gasteiger partial charge in [0, 0.05) is 32.1 Å². The third kappa shape index (κ3) is 3.01. The van der Waals surface area contributed by atoms with Crippen LogP contribution in [-0.2, 0) is 17.8 Å². The molecule has 2 heterocycles. The predicted octanol–water partition coefficient (Wildman–Crippen LogP) is 1.21. The molecule has 4 nitrogen and oxygen atoms in total. The Labute approximate surface area is 100 Å². The number of nitrogens with zero attached hydrogens (tertiary/aromatic N) is 2. The van der Waals surface area contributed by atoms with Crippen molar-refractivity contribution in [3.8, 4) is 0 Å². The molecule has 1 aromatic rings. The molecule has 5 heteroatoms. The van der Waals surface area contributed by atoms with E-state index in [-0.39, 0.29) is 0 Å². The first-order valence-corrected chi connectivity index (χ1v) is 6.58. The zero-order valence-corrected chi connectivity index (χ0v) is 10.5. The van der Waals surface area contributed by atoms with Crippen molar-refractivity contribution in [2.24, 2.45) is 5.73 Å². The molecule has 1 fully saturated rings. The first kappa shape index (κ1) is 12.0. The molecule has 0 saturated carbocycles. The number of nitrogens with two attached hydrogens (primary N) is 1. The molecule has 16 heavy (non-hydrogen) atoms. The van der Waals surface area contributed by atoms with Crippen molar-refractivity contribution in [2.45, 2.75) is 32.0 Å². The van der Waals surface area contributed by atoms with E-state index >= 15 is 0 Å². The fourth-order valence-corrected chi connectivity index (χ4v) is 2.76. The first-order valence-electron chi connectivity index (χ1n) is 5.70. The molecule has 2 N–H and O–H groups in total. The monoisotopic (exact) mass is 241 g/mol. The second-order valence-corrected chi connectivity index (χ2v) is 5.11. The summed E-state index contributed by atoms with van der Waals surface area (Å²) >= 11 is 1.65. The summed E-state index contributed by atoms with van der Waals surface area (Å²) in [4.78, 5) is 6.89. The smallest absolute Gasteiger partial charge is 0.106 e. The van der Waals surface area contributed by atoms with E-state index in [4.69, 9.17) is 10.5 Å². The molecule has 0 aliphatic carbocycles. The maximum absolute atomic E-state index is 5.55. The number of hydrogen-bond donors (Lipinski definition) is 1. The average Bonchev–Trinajstić information content (AvgIpc) is 2.77. The molecule has 0 aromatic carbocycles. The van der Waals surface area contributed by atoms with Gasteiger partial charge in [-0.15, -0.1) is 11.3 Å². The van der Waals surface area contributed by atoms with Gasteiger partial charge < -0.3 is 10.5 Å². The Hall–Kier alpha value is -0.490. The number of rotatable bonds is 4. The third-order valence-corrected chi connectivity index (χ3v) is 3.88. The van der Waals surface area contributed by atoms with Crippen LogP contribution >= 0.6 is 11.3 Å². The van der Waals surface area contributed by atoms with Gasteiger partial charge in [-0.05, 0) is 19.4 Å². The van der Waals surface area contributed by atoms with Gasteiger partial charge in [-0.2, -0.15) is 0 Å². The van der Waals surface area contributed by atoms with Crippen LogP contribution in [0, 0.1) is 0 Å². The molecule has 0 amide bonds. The summed E-state index contributed by atoms with van der Waals surface area (Å²) in [7, 11) is 1.80. The van der Waals surface area contributed by atoms with Crippen molar-refractivity contribution in [3.05, 3.63) is 16.1 Å². The number of piperidine rings is 1. The highest BCUT2D eigenvalue weighted by molar-refractivity contribution is 7.09. The highest BCUT2D eigenvalue weighted by atomic mass is 32.1. The van der Waals surface area contributed by atoms with Gasteiger partial charge in [-0.3, -0.25) is 4.90 Å². The van der Waals surface area contributed by atoms with Crippen LogP contribution in [0.4, 0.5) is 0 Å². The van der Waals surface area contributed by atoms with Gasteiger partial charge >= 0.3 is 0 Å². The van der Waals surface area contributed by atoms with Crippen LogP contribution in [0.3, 0.4) is 0 Å². The van der Waals surface area contributed by atoms with Crippen LogP contribution < -0.4 is 5.73 Å². The molecular formula is C11H19N3OS. The summed E-state index contributed by atoms with van der Waals surface area (Å²) in [5.41, 5.74) is 6.70. The zero-order valence-electron chi connectivity index (χ0n) is 9.69. The van der Waals surface area contributed by atoms with Crippen LogP contribution in [0.15, 0.2) is 5.38 Å². The Morgan fingerprint density at radius 1 is 1.69 bits per heavy atom. The Balaban J connectivity index is 1.88. The number of hydrogen-bond acceptors (Lipinski definition) is 5. The summed E-state index contributed by atoms with van der Waals surface area (Å²) in [5.74, 6) is 0. The fourth-order valence-electron chi connectivity index (χ4n) is 2.09. The number of thiazole rings is 1. The van der Waals surface area contributed by atoms with Gasteiger partial charge in [0.1, 0.15) is 5.01 Å². The van der Waals surface area contributed by atoms with Crippen molar-refractivity contribution in [2.75, 3.05) is 20.2 Å². The number of aromatic nitrogens is 1. The van der Waals surface area contributed by atoms with Gasteiger partial charge in [0.2, 0.25) is 0 Å². The normalized spacial score (nSPS) is 22.5. The third-order valence-electron chi connectivity index (χ3n) is 2.96. The summed E-state index contributed by atoms with van der Waals surface area (Å²) in [6.45, 7) is 3.64. The molecule has 1 aliphatic rings. The zero-order chi connectivity index (χ0) is 11.4. The second kappa shape index (κ2) is 5.72. The van der Waals surface area contributed by atoms with E-state index in [9.17, 15) is 0 Å². The summed E-state index contributed by atoms with van der Waals surface area (Å²) in [6, 6.07) is 0. The van der Waals surface area contributed by atoms with E-state index in [1.54, 1.807) is 18.4 Å². The minimum Gasteiger partial charge on any atom is -0.380 e. The lowest BCUT2D eigenvalue weighted by Crippen LogP contribution is -2.38. The van der Waals surface area contributed by atoms with Gasteiger partial charge in [0.15, 0.2) is 0 Å². The van der Waals surface area contributed by atoms with Gasteiger partial charge in [-0.1, -0.05) is 0 Å². The molecule has 90 valence electrons. The van der Waals surface area contributed by atoms with E-state index in [1.165, 1.54) is 12.8 Å². The fraction of sp³-hybridized carbons (Fsp3) is 0.727. The summed E-state index contributed by atoms with van der Waals surface area (Å²) < 4.78 is 5.41. The molecule has 1 unspecified atom stereocenters. The number of methoxy groups -OCH3 is 1. The Kier molecular flexibility index (Phi) is 4.29. The van der Waals surface area contributed by atoms with E-state index in [0.29, 0.717) is 12.6 Å². The van der Waals surface area contributed by atoms with Crippen molar-refractivity contribution in [1.82, 2.24) is 9.88 Å². The lowest BCUT2D eigenvalue weighted by molar-refractivity contribution is 0.0282. The SMILES string of the molecule is COC1CCCN(Cc2csc(CN)n2)C1.